The highest BCUT2D eigenvalue weighted by Gasteiger charge is 2.30. The lowest BCUT2D eigenvalue weighted by Gasteiger charge is -2.29. The molecule has 4 unspecified atom stereocenters. The van der Waals surface area contributed by atoms with Crippen LogP contribution in [0.2, 0.25) is 0 Å². The molecule has 7 nitrogen and oxygen atoms in total. The van der Waals surface area contributed by atoms with E-state index in [4.69, 9.17) is 10.8 Å². The van der Waals surface area contributed by atoms with Gasteiger partial charge in [-0.1, -0.05) is 31.2 Å². The second kappa shape index (κ2) is 9.94. The zero-order valence-electron chi connectivity index (χ0n) is 13.4. The molecule has 7 N–H and O–H groups in total. The number of aliphatic hydroxyl groups is 5. The lowest BCUT2D eigenvalue weighted by molar-refractivity contribution is -0.119. The zero-order valence-corrected chi connectivity index (χ0v) is 13.4. The van der Waals surface area contributed by atoms with Crippen LogP contribution in [0.5, 0.6) is 0 Å². The van der Waals surface area contributed by atoms with E-state index in [-0.39, 0.29) is 6.54 Å². The maximum atomic E-state index is 10.0. The summed E-state index contributed by atoms with van der Waals surface area (Å²) in [5.74, 6) is 0. The van der Waals surface area contributed by atoms with E-state index < -0.39 is 31.0 Å². The Kier molecular flexibility index (Phi) is 8.64. The van der Waals surface area contributed by atoms with Gasteiger partial charge in [-0.25, -0.2) is 0 Å². The summed E-state index contributed by atoms with van der Waals surface area (Å²) in [6.07, 6.45) is -5.86. The molecule has 0 aliphatic carbocycles. The van der Waals surface area contributed by atoms with Crippen molar-refractivity contribution < 1.29 is 25.5 Å². The average Bonchev–Trinajstić information content (AvgIpc) is 2.59. The molecule has 0 radical (unpaired) electrons. The largest absolute Gasteiger partial charge is 0.394 e. The molecule has 0 spiro atoms. The Morgan fingerprint density at radius 1 is 0.957 bits per heavy atom. The number of rotatable bonds is 10. The van der Waals surface area contributed by atoms with Crippen molar-refractivity contribution in [2.24, 2.45) is 5.73 Å². The highest BCUT2D eigenvalue weighted by Crippen LogP contribution is 2.11. The van der Waals surface area contributed by atoms with Crippen molar-refractivity contribution in [3.63, 3.8) is 0 Å². The molecule has 132 valence electrons. The van der Waals surface area contributed by atoms with Gasteiger partial charge in [0, 0.05) is 19.6 Å². The lowest BCUT2D eigenvalue weighted by Crippen LogP contribution is -2.49. The van der Waals surface area contributed by atoms with Crippen molar-refractivity contribution in [1.82, 2.24) is 4.90 Å². The van der Waals surface area contributed by atoms with Crippen LogP contribution in [0.25, 0.3) is 0 Å². The quantitative estimate of drug-likeness (QED) is 0.305. The van der Waals surface area contributed by atoms with E-state index in [0.29, 0.717) is 19.6 Å². The van der Waals surface area contributed by atoms with E-state index in [0.717, 1.165) is 11.1 Å². The van der Waals surface area contributed by atoms with Crippen molar-refractivity contribution in [1.29, 1.82) is 0 Å². The molecule has 0 heterocycles. The van der Waals surface area contributed by atoms with E-state index in [1.54, 1.807) is 0 Å². The van der Waals surface area contributed by atoms with E-state index >= 15 is 0 Å². The highest BCUT2D eigenvalue weighted by atomic mass is 16.4. The summed E-state index contributed by atoms with van der Waals surface area (Å²) in [6, 6.07) is 7.79. The molecule has 0 aliphatic heterocycles. The van der Waals surface area contributed by atoms with Crippen LogP contribution in [-0.2, 0) is 13.1 Å². The Morgan fingerprint density at radius 2 is 1.48 bits per heavy atom. The average molecular weight is 328 g/mol. The van der Waals surface area contributed by atoms with Crippen molar-refractivity contribution in [2.75, 3.05) is 19.7 Å². The number of hydrogen-bond acceptors (Lipinski definition) is 7. The summed E-state index contributed by atoms with van der Waals surface area (Å²) >= 11 is 0. The molecule has 0 saturated carbocycles. The molecule has 4 atom stereocenters. The van der Waals surface area contributed by atoms with Gasteiger partial charge in [0.25, 0.3) is 0 Å². The highest BCUT2D eigenvalue weighted by molar-refractivity contribution is 5.22. The molecule has 1 aromatic carbocycles. The van der Waals surface area contributed by atoms with E-state index in [9.17, 15) is 20.4 Å². The monoisotopic (exact) mass is 328 g/mol. The number of hydrogen-bond donors (Lipinski definition) is 6. The van der Waals surface area contributed by atoms with Gasteiger partial charge in [0.2, 0.25) is 0 Å². The third-order valence-corrected chi connectivity index (χ3v) is 3.88. The fourth-order valence-corrected chi connectivity index (χ4v) is 2.28. The van der Waals surface area contributed by atoms with Gasteiger partial charge >= 0.3 is 0 Å². The summed E-state index contributed by atoms with van der Waals surface area (Å²) in [7, 11) is 0. The molecular weight excluding hydrogens is 300 g/mol. The van der Waals surface area contributed by atoms with Crippen LogP contribution in [0, 0.1) is 0 Å². The Bertz CT molecular complexity index is 443. The first kappa shape index (κ1) is 20.0. The maximum Gasteiger partial charge on any atom is 0.111 e. The molecule has 23 heavy (non-hydrogen) atoms. The first-order valence-corrected chi connectivity index (χ1v) is 7.76. The molecular formula is C16H28N2O5. The molecule has 1 aromatic rings. The fourth-order valence-electron chi connectivity index (χ4n) is 2.28. The van der Waals surface area contributed by atoms with Crippen LogP contribution in [-0.4, -0.2) is 74.5 Å². The fraction of sp³-hybridized carbons (Fsp3) is 0.625. The second-order valence-corrected chi connectivity index (χ2v) is 5.65. The topological polar surface area (TPSA) is 130 Å². The van der Waals surface area contributed by atoms with E-state index in [1.807, 2.05) is 36.1 Å². The van der Waals surface area contributed by atoms with Gasteiger partial charge in [-0.3, -0.25) is 4.90 Å². The Labute approximate surface area is 136 Å². The van der Waals surface area contributed by atoms with Crippen LogP contribution in [0.4, 0.5) is 0 Å². The summed E-state index contributed by atoms with van der Waals surface area (Å²) < 4.78 is 0. The standard InChI is InChI=1S/C16H28N2O5/c1-2-18(8-12-5-3-11(7-17)4-6-12)9-13(20)15(22)16(23)14(21)10-19/h3-6,13-16,19-23H,2,7-10,17H2,1H3. The summed E-state index contributed by atoms with van der Waals surface area (Å²) in [6.45, 7) is 3.06. The van der Waals surface area contributed by atoms with Gasteiger partial charge in [-0.05, 0) is 17.7 Å². The second-order valence-electron chi connectivity index (χ2n) is 5.65. The lowest BCUT2D eigenvalue weighted by atomic mass is 10.0. The van der Waals surface area contributed by atoms with Crippen molar-refractivity contribution in [3.8, 4) is 0 Å². The van der Waals surface area contributed by atoms with Crippen LogP contribution in [0.1, 0.15) is 18.1 Å². The van der Waals surface area contributed by atoms with Crippen LogP contribution < -0.4 is 5.73 Å². The number of nitrogens with zero attached hydrogens (tertiary/aromatic N) is 1. The predicted octanol–water partition coefficient (Wildman–Crippen LogP) is -1.60. The molecule has 0 aliphatic rings. The van der Waals surface area contributed by atoms with Gasteiger partial charge in [-0.15, -0.1) is 0 Å². The van der Waals surface area contributed by atoms with Crippen LogP contribution in [0.15, 0.2) is 24.3 Å². The Hall–Kier alpha value is -1.06. The first-order chi connectivity index (χ1) is 10.9. The number of aliphatic hydroxyl groups excluding tert-OH is 5. The van der Waals surface area contributed by atoms with Crippen LogP contribution >= 0.6 is 0 Å². The summed E-state index contributed by atoms with van der Waals surface area (Å²) in [5.41, 5.74) is 7.64. The number of nitrogens with two attached hydrogens (primary N) is 1. The molecule has 0 fully saturated rings. The van der Waals surface area contributed by atoms with Crippen molar-refractivity contribution in [2.45, 2.75) is 44.4 Å². The minimum Gasteiger partial charge on any atom is -0.394 e. The SMILES string of the molecule is CCN(Cc1ccc(CN)cc1)CC(O)C(O)C(O)C(O)CO. The molecule has 0 aromatic heterocycles. The smallest absolute Gasteiger partial charge is 0.111 e. The minimum atomic E-state index is -1.60. The van der Waals surface area contributed by atoms with Gasteiger partial charge in [0.05, 0.1) is 12.7 Å². The third kappa shape index (κ3) is 6.15. The summed E-state index contributed by atoms with van der Waals surface area (Å²) in [4.78, 5) is 1.91. The normalized spacial score (nSPS) is 17.0. The molecule has 7 heteroatoms. The third-order valence-electron chi connectivity index (χ3n) is 3.88. The molecule has 1 rings (SSSR count). The van der Waals surface area contributed by atoms with Crippen LogP contribution in [0.3, 0.4) is 0 Å². The predicted molar refractivity (Wildman–Crippen MR) is 86.4 cm³/mol. The van der Waals surface area contributed by atoms with Gasteiger partial charge in [-0.2, -0.15) is 0 Å². The summed E-state index contributed by atoms with van der Waals surface area (Å²) in [5, 5.41) is 47.6. The van der Waals surface area contributed by atoms with Crippen molar-refractivity contribution in [3.05, 3.63) is 35.4 Å². The first-order valence-electron chi connectivity index (χ1n) is 7.76. The van der Waals surface area contributed by atoms with E-state index in [1.165, 1.54) is 0 Å². The van der Waals surface area contributed by atoms with Gasteiger partial charge in [0.1, 0.15) is 18.3 Å². The van der Waals surface area contributed by atoms with E-state index in [2.05, 4.69) is 0 Å². The number of likely N-dealkylation sites (N-methyl/N-ethyl adjacent to an activating group) is 1. The Balaban J connectivity index is 2.60. The van der Waals surface area contributed by atoms with Gasteiger partial charge in [0.15, 0.2) is 0 Å². The van der Waals surface area contributed by atoms with Crippen molar-refractivity contribution >= 4 is 0 Å². The molecule has 0 saturated heterocycles. The molecule has 0 bridgehead atoms. The number of benzene rings is 1. The Morgan fingerprint density at radius 3 is 1.96 bits per heavy atom. The molecule has 0 amide bonds. The van der Waals surface area contributed by atoms with Gasteiger partial charge < -0.3 is 31.3 Å². The zero-order chi connectivity index (χ0) is 17.4. The minimum absolute atomic E-state index is 0.130. The maximum absolute atomic E-state index is 10.0.